The average molecular weight is 384 g/mol. The number of esters is 1. The van der Waals surface area contributed by atoms with E-state index in [4.69, 9.17) is 4.74 Å². The molecule has 0 aliphatic heterocycles. The molecule has 3 rings (SSSR count). The summed E-state index contributed by atoms with van der Waals surface area (Å²) in [5.41, 5.74) is 1.52. The molecule has 27 heavy (non-hydrogen) atoms. The van der Waals surface area contributed by atoms with E-state index in [2.05, 4.69) is 15.4 Å². The maximum absolute atomic E-state index is 12.3. The molecule has 2 aromatic heterocycles. The number of thiazole rings is 1. The molecule has 0 saturated carbocycles. The molecular weight excluding hydrogens is 364 g/mol. The lowest BCUT2D eigenvalue weighted by molar-refractivity contribution is -0.119. The summed E-state index contributed by atoms with van der Waals surface area (Å²) < 4.78 is 6.84. The first-order valence-corrected chi connectivity index (χ1v) is 9.30. The Morgan fingerprint density at radius 3 is 2.67 bits per heavy atom. The summed E-state index contributed by atoms with van der Waals surface area (Å²) in [6, 6.07) is 11.4. The van der Waals surface area contributed by atoms with Gasteiger partial charge in [0.25, 0.3) is 5.91 Å². The first-order valence-electron chi connectivity index (χ1n) is 8.49. The van der Waals surface area contributed by atoms with Gasteiger partial charge in [0.2, 0.25) is 0 Å². The normalized spacial score (nSPS) is 10.8. The molecule has 0 saturated heterocycles. The number of benzene rings is 1. The topological polar surface area (TPSA) is 86.1 Å². The van der Waals surface area contributed by atoms with E-state index >= 15 is 0 Å². The number of carbonyl (C=O) groups excluding carboxylic acids is 2. The average Bonchev–Trinajstić information content (AvgIpc) is 3.27. The number of nitrogens with one attached hydrogen (secondary N) is 1. The van der Waals surface area contributed by atoms with Crippen molar-refractivity contribution < 1.29 is 14.3 Å². The van der Waals surface area contributed by atoms with Crippen LogP contribution in [0.2, 0.25) is 0 Å². The smallest absolute Gasteiger partial charge is 0.350 e. The number of hydrogen-bond acceptors (Lipinski definition) is 6. The zero-order valence-electron chi connectivity index (χ0n) is 15.3. The fourth-order valence-corrected chi connectivity index (χ4v) is 3.46. The largest absolute Gasteiger partial charge is 0.451 e. The molecule has 0 spiro atoms. The van der Waals surface area contributed by atoms with Crippen molar-refractivity contribution in [1.82, 2.24) is 14.8 Å². The van der Waals surface area contributed by atoms with Crippen molar-refractivity contribution in [1.29, 1.82) is 0 Å². The third-order valence-electron chi connectivity index (χ3n) is 3.76. The lowest BCUT2D eigenvalue weighted by atomic mass is 10.2. The van der Waals surface area contributed by atoms with Crippen LogP contribution >= 0.6 is 11.3 Å². The monoisotopic (exact) mass is 384 g/mol. The number of carbonyl (C=O) groups is 2. The van der Waals surface area contributed by atoms with Gasteiger partial charge in [0.05, 0.1) is 11.9 Å². The number of aryl methyl sites for hydroxylation is 1. The van der Waals surface area contributed by atoms with E-state index in [0.29, 0.717) is 16.4 Å². The van der Waals surface area contributed by atoms with Crippen LogP contribution in [0.5, 0.6) is 0 Å². The van der Waals surface area contributed by atoms with Gasteiger partial charge in [-0.25, -0.2) is 14.5 Å². The van der Waals surface area contributed by atoms with Gasteiger partial charge in [-0.2, -0.15) is 5.10 Å². The summed E-state index contributed by atoms with van der Waals surface area (Å²) in [5.74, 6) is -0.415. The van der Waals surface area contributed by atoms with Crippen molar-refractivity contribution in [2.45, 2.75) is 26.8 Å². The highest BCUT2D eigenvalue weighted by Crippen LogP contribution is 2.28. The van der Waals surface area contributed by atoms with Gasteiger partial charge < -0.3 is 10.1 Å². The Morgan fingerprint density at radius 2 is 1.96 bits per heavy atom. The summed E-state index contributed by atoms with van der Waals surface area (Å²) in [5, 5.41) is 7.58. The van der Waals surface area contributed by atoms with Crippen molar-refractivity contribution in [3.05, 3.63) is 53.2 Å². The number of rotatable bonds is 6. The second kappa shape index (κ2) is 8.13. The van der Waals surface area contributed by atoms with Gasteiger partial charge >= 0.3 is 5.97 Å². The number of hydrogen-bond donors (Lipinski definition) is 1. The molecule has 0 atom stereocenters. The molecular formula is C19H20N4O3S. The minimum atomic E-state index is -0.556. The van der Waals surface area contributed by atoms with Gasteiger partial charge in [-0.3, -0.25) is 4.79 Å². The first kappa shape index (κ1) is 18.8. The van der Waals surface area contributed by atoms with E-state index in [1.807, 2.05) is 44.2 Å². The Kier molecular flexibility index (Phi) is 5.66. The maximum Gasteiger partial charge on any atom is 0.350 e. The van der Waals surface area contributed by atoms with E-state index in [-0.39, 0.29) is 12.6 Å². The second-order valence-corrected chi connectivity index (χ2v) is 7.18. The van der Waals surface area contributed by atoms with E-state index in [1.54, 1.807) is 23.9 Å². The zero-order valence-corrected chi connectivity index (χ0v) is 16.1. The van der Waals surface area contributed by atoms with Gasteiger partial charge in [0.1, 0.15) is 15.7 Å². The highest BCUT2D eigenvalue weighted by atomic mass is 32.1. The Hall–Kier alpha value is -3.00. The molecule has 1 N–H and O–H groups in total. The van der Waals surface area contributed by atoms with Crippen molar-refractivity contribution in [3.63, 3.8) is 0 Å². The van der Waals surface area contributed by atoms with Gasteiger partial charge in [0.15, 0.2) is 6.61 Å². The van der Waals surface area contributed by atoms with Crippen molar-refractivity contribution in [2.75, 3.05) is 11.9 Å². The number of aromatic nitrogens is 3. The summed E-state index contributed by atoms with van der Waals surface area (Å²) in [6.45, 7) is 5.29. The number of ether oxygens (including phenoxy) is 1. The van der Waals surface area contributed by atoms with Crippen LogP contribution < -0.4 is 5.32 Å². The predicted molar refractivity (Wildman–Crippen MR) is 104 cm³/mol. The van der Waals surface area contributed by atoms with Gasteiger partial charge in [0, 0.05) is 17.7 Å². The molecule has 1 aromatic carbocycles. The van der Waals surface area contributed by atoms with Crippen molar-refractivity contribution in [2.24, 2.45) is 0 Å². The Labute approximate surface area is 161 Å². The van der Waals surface area contributed by atoms with Crippen LogP contribution in [0.4, 0.5) is 5.82 Å². The summed E-state index contributed by atoms with van der Waals surface area (Å²) in [7, 11) is 0. The van der Waals surface area contributed by atoms with Crippen LogP contribution in [-0.4, -0.2) is 33.2 Å². The van der Waals surface area contributed by atoms with Crippen molar-refractivity contribution >= 4 is 29.0 Å². The second-order valence-electron chi connectivity index (χ2n) is 6.18. The minimum absolute atomic E-state index is 0.106. The molecule has 3 aromatic rings. The van der Waals surface area contributed by atoms with Crippen LogP contribution in [-0.2, 0) is 9.53 Å². The number of amides is 1. The Balaban J connectivity index is 1.62. The fourth-order valence-electron chi connectivity index (χ4n) is 2.49. The predicted octanol–water partition coefficient (Wildman–Crippen LogP) is 3.69. The minimum Gasteiger partial charge on any atom is -0.451 e. The molecule has 8 heteroatoms. The van der Waals surface area contributed by atoms with Crippen molar-refractivity contribution in [3.8, 4) is 10.6 Å². The molecule has 0 aliphatic carbocycles. The molecule has 0 fully saturated rings. The number of nitrogens with zero attached hydrogens (tertiary/aromatic N) is 3. The quantitative estimate of drug-likeness (QED) is 0.655. The summed E-state index contributed by atoms with van der Waals surface area (Å²) in [4.78, 5) is 29.3. The first-order chi connectivity index (χ1) is 13.0. The maximum atomic E-state index is 12.3. The SMILES string of the molecule is Cc1nc(-c2ccccc2)sc1C(=O)OCC(=O)Nc1ccnn1C(C)C. The number of anilines is 1. The molecule has 0 unspecified atom stereocenters. The molecule has 0 aliphatic rings. The molecule has 0 radical (unpaired) electrons. The molecule has 140 valence electrons. The lowest BCUT2D eigenvalue weighted by Crippen LogP contribution is -2.23. The van der Waals surface area contributed by atoms with E-state index < -0.39 is 11.9 Å². The van der Waals surface area contributed by atoms with Crippen LogP contribution in [0.25, 0.3) is 10.6 Å². The van der Waals surface area contributed by atoms with Gasteiger partial charge in [-0.1, -0.05) is 30.3 Å². The third-order valence-corrected chi connectivity index (χ3v) is 4.95. The van der Waals surface area contributed by atoms with E-state index in [9.17, 15) is 9.59 Å². The van der Waals surface area contributed by atoms with Gasteiger partial charge in [-0.15, -0.1) is 11.3 Å². The van der Waals surface area contributed by atoms with Crippen LogP contribution in [0, 0.1) is 6.92 Å². The Bertz CT molecular complexity index is 947. The van der Waals surface area contributed by atoms with Gasteiger partial charge in [-0.05, 0) is 20.8 Å². The van der Waals surface area contributed by atoms with Crippen LogP contribution in [0.3, 0.4) is 0 Å². The molecule has 2 heterocycles. The van der Waals surface area contributed by atoms with Crippen LogP contribution in [0.15, 0.2) is 42.6 Å². The third kappa shape index (κ3) is 4.40. The van der Waals surface area contributed by atoms with Crippen LogP contribution in [0.1, 0.15) is 35.3 Å². The standard InChI is InChI=1S/C19H20N4O3S/c1-12(2)23-15(9-10-20-23)22-16(24)11-26-19(25)17-13(3)21-18(27-17)14-7-5-4-6-8-14/h4-10,12H,11H2,1-3H3,(H,22,24). The highest BCUT2D eigenvalue weighted by Gasteiger charge is 2.19. The molecule has 1 amide bonds. The fraction of sp³-hybridized carbons (Fsp3) is 0.263. The summed E-state index contributed by atoms with van der Waals surface area (Å²) in [6.07, 6.45) is 1.60. The van der Waals surface area contributed by atoms with E-state index in [0.717, 1.165) is 10.6 Å². The Morgan fingerprint density at radius 1 is 1.22 bits per heavy atom. The zero-order chi connectivity index (χ0) is 19.4. The molecule has 0 bridgehead atoms. The van der Waals surface area contributed by atoms with E-state index in [1.165, 1.54) is 11.3 Å². The lowest BCUT2D eigenvalue weighted by Gasteiger charge is -2.11. The molecule has 7 nitrogen and oxygen atoms in total. The highest BCUT2D eigenvalue weighted by molar-refractivity contribution is 7.17. The summed E-state index contributed by atoms with van der Waals surface area (Å²) >= 11 is 1.25.